The van der Waals surface area contributed by atoms with Crippen LogP contribution in [0.1, 0.15) is 44.3 Å². The number of nitrogens with zero attached hydrogens (tertiary/aromatic N) is 4. The van der Waals surface area contributed by atoms with E-state index < -0.39 is 0 Å². The molecule has 1 N–H and O–H groups in total. The normalized spacial score (nSPS) is 13.4. The summed E-state index contributed by atoms with van der Waals surface area (Å²) in [5, 5.41) is 8.22. The number of fused-ring (bicyclic) bond motifs is 1. The molecule has 134 valence electrons. The van der Waals surface area contributed by atoms with Crippen molar-refractivity contribution in [3.05, 3.63) is 63.6 Å². The Balaban J connectivity index is 1.28. The first-order valence-electron chi connectivity index (χ1n) is 8.95. The maximum absolute atomic E-state index is 12.3. The lowest BCUT2D eigenvalue weighted by Gasteiger charge is -2.06. The van der Waals surface area contributed by atoms with E-state index in [0.717, 1.165) is 23.4 Å². The van der Waals surface area contributed by atoms with Crippen molar-refractivity contribution >= 4 is 17.2 Å². The van der Waals surface area contributed by atoms with Crippen LogP contribution in [0.15, 0.2) is 36.9 Å². The summed E-state index contributed by atoms with van der Waals surface area (Å²) in [7, 11) is 0. The minimum atomic E-state index is -0.0429. The van der Waals surface area contributed by atoms with Gasteiger partial charge in [0.25, 0.3) is 5.91 Å². The number of benzene rings is 1. The van der Waals surface area contributed by atoms with Gasteiger partial charge in [0.1, 0.15) is 12.7 Å². The number of aromatic nitrogens is 4. The highest BCUT2D eigenvalue weighted by molar-refractivity contribution is 7.11. The zero-order valence-corrected chi connectivity index (χ0v) is 15.3. The van der Waals surface area contributed by atoms with E-state index >= 15 is 0 Å². The molecule has 1 aliphatic carbocycles. The third-order valence-electron chi connectivity index (χ3n) is 4.54. The van der Waals surface area contributed by atoms with Crippen LogP contribution >= 0.6 is 11.3 Å². The Morgan fingerprint density at radius 2 is 2.04 bits per heavy atom. The summed E-state index contributed by atoms with van der Waals surface area (Å²) >= 11 is 1.81. The number of nitrogens with one attached hydrogen (secondary N) is 1. The van der Waals surface area contributed by atoms with Gasteiger partial charge in [0.2, 0.25) is 0 Å². The maximum Gasteiger partial charge on any atom is 0.251 e. The summed E-state index contributed by atoms with van der Waals surface area (Å²) in [6, 6.07) is 7.60. The molecule has 0 atom stereocenters. The van der Waals surface area contributed by atoms with E-state index in [1.54, 1.807) is 11.0 Å². The SMILES string of the molecule is O=C(NCCc1nc2c(s1)CCCC2)c1ccc(Cn2cncn2)cc1. The number of thiazole rings is 1. The lowest BCUT2D eigenvalue weighted by atomic mass is 10.0. The van der Waals surface area contributed by atoms with E-state index in [-0.39, 0.29) is 5.91 Å². The standard InChI is InChI=1S/C19H21N5OS/c25-19(15-7-5-14(6-8-15)11-24-13-20-12-22-24)21-10-9-18-23-16-3-1-2-4-17(16)26-18/h5-8,12-13H,1-4,9-11H2,(H,21,25). The van der Waals surface area contributed by atoms with Gasteiger partial charge >= 0.3 is 0 Å². The molecule has 0 bridgehead atoms. The Hall–Kier alpha value is -2.54. The molecule has 1 aliphatic rings. The number of hydrogen-bond donors (Lipinski definition) is 1. The van der Waals surface area contributed by atoms with Crippen LogP contribution < -0.4 is 5.32 Å². The minimum absolute atomic E-state index is 0.0429. The smallest absolute Gasteiger partial charge is 0.251 e. The average Bonchev–Trinajstić information content (AvgIpc) is 3.31. The number of rotatable bonds is 6. The topological polar surface area (TPSA) is 72.7 Å². The van der Waals surface area contributed by atoms with Crippen LogP contribution in [0.2, 0.25) is 0 Å². The van der Waals surface area contributed by atoms with Crippen molar-refractivity contribution in [3.8, 4) is 0 Å². The Morgan fingerprint density at radius 3 is 2.81 bits per heavy atom. The maximum atomic E-state index is 12.3. The number of aryl methyl sites for hydroxylation is 2. The first-order chi connectivity index (χ1) is 12.8. The van der Waals surface area contributed by atoms with Crippen molar-refractivity contribution < 1.29 is 4.79 Å². The molecule has 2 aromatic heterocycles. The minimum Gasteiger partial charge on any atom is -0.352 e. The van der Waals surface area contributed by atoms with Crippen molar-refractivity contribution in [3.63, 3.8) is 0 Å². The van der Waals surface area contributed by atoms with Crippen LogP contribution in [0.25, 0.3) is 0 Å². The van der Waals surface area contributed by atoms with Gasteiger partial charge in [0.15, 0.2) is 0 Å². The molecule has 0 fully saturated rings. The molecule has 4 rings (SSSR count). The van der Waals surface area contributed by atoms with Gasteiger partial charge in [-0.3, -0.25) is 4.79 Å². The van der Waals surface area contributed by atoms with Gasteiger partial charge in [-0.15, -0.1) is 11.3 Å². The van der Waals surface area contributed by atoms with E-state index in [2.05, 4.69) is 15.4 Å². The Kier molecular flexibility index (Phi) is 5.06. The van der Waals surface area contributed by atoms with Gasteiger partial charge in [-0.1, -0.05) is 12.1 Å². The quantitative estimate of drug-likeness (QED) is 0.727. The number of carbonyl (C=O) groups is 1. The van der Waals surface area contributed by atoms with Crippen molar-refractivity contribution in [2.24, 2.45) is 0 Å². The predicted octanol–water partition coefficient (Wildman–Crippen LogP) is 2.63. The fraction of sp³-hybridized carbons (Fsp3) is 0.368. The van der Waals surface area contributed by atoms with Gasteiger partial charge in [0, 0.05) is 23.4 Å². The average molecular weight is 367 g/mol. The fourth-order valence-electron chi connectivity index (χ4n) is 3.16. The van der Waals surface area contributed by atoms with Crippen molar-refractivity contribution in [2.75, 3.05) is 6.54 Å². The van der Waals surface area contributed by atoms with Gasteiger partial charge in [-0.2, -0.15) is 5.10 Å². The van der Waals surface area contributed by atoms with Crippen LogP contribution in [-0.4, -0.2) is 32.2 Å². The predicted molar refractivity (Wildman–Crippen MR) is 100 cm³/mol. The zero-order valence-electron chi connectivity index (χ0n) is 14.5. The molecule has 0 saturated carbocycles. The number of hydrogen-bond acceptors (Lipinski definition) is 5. The zero-order chi connectivity index (χ0) is 17.8. The molecule has 1 aromatic carbocycles. The lowest BCUT2D eigenvalue weighted by Crippen LogP contribution is -2.25. The first-order valence-corrected chi connectivity index (χ1v) is 9.76. The van der Waals surface area contributed by atoms with E-state index in [4.69, 9.17) is 4.98 Å². The fourth-order valence-corrected chi connectivity index (χ4v) is 4.32. The second-order valence-corrected chi connectivity index (χ2v) is 7.65. The summed E-state index contributed by atoms with van der Waals surface area (Å²) in [5.41, 5.74) is 3.04. The molecule has 0 saturated heterocycles. The van der Waals surface area contributed by atoms with Crippen LogP contribution in [-0.2, 0) is 25.8 Å². The van der Waals surface area contributed by atoms with Crippen LogP contribution in [0, 0.1) is 0 Å². The molecule has 2 heterocycles. The van der Waals surface area contributed by atoms with Gasteiger partial charge < -0.3 is 5.32 Å². The van der Waals surface area contributed by atoms with E-state index in [1.165, 1.54) is 36.2 Å². The van der Waals surface area contributed by atoms with E-state index in [0.29, 0.717) is 18.7 Å². The third-order valence-corrected chi connectivity index (χ3v) is 5.76. The van der Waals surface area contributed by atoms with Gasteiger partial charge in [-0.25, -0.2) is 14.6 Å². The molecule has 26 heavy (non-hydrogen) atoms. The largest absolute Gasteiger partial charge is 0.352 e. The number of carbonyl (C=O) groups excluding carboxylic acids is 1. The second kappa shape index (κ2) is 7.78. The van der Waals surface area contributed by atoms with Crippen molar-refractivity contribution in [2.45, 2.75) is 38.6 Å². The summed E-state index contributed by atoms with van der Waals surface area (Å²) in [4.78, 5) is 22.4. The van der Waals surface area contributed by atoms with E-state index in [9.17, 15) is 4.79 Å². The monoisotopic (exact) mass is 367 g/mol. The third kappa shape index (κ3) is 3.99. The van der Waals surface area contributed by atoms with Gasteiger partial charge in [0.05, 0.1) is 17.2 Å². The summed E-state index contributed by atoms with van der Waals surface area (Å²) < 4.78 is 1.75. The Bertz CT molecular complexity index is 846. The molecule has 0 aliphatic heterocycles. The molecule has 0 radical (unpaired) electrons. The molecule has 0 spiro atoms. The molecule has 0 unspecified atom stereocenters. The van der Waals surface area contributed by atoms with Crippen LogP contribution in [0.3, 0.4) is 0 Å². The summed E-state index contributed by atoms with van der Waals surface area (Å²) in [6.45, 7) is 1.27. The second-order valence-electron chi connectivity index (χ2n) is 6.48. The molecular weight excluding hydrogens is 346 g/mol. The number of amides is 1. The molecule has 3 aromatic rings. The highest BCUT2D eigenvalue weighted by atomic mass is 32.1. The summed E-state index contributed by atoms with van der Waals surface area (Å²) in [6.07, 6.45) is 8.79. The lowest BCUT2D eigenvalue weighted by molar-refractivity contribution is 0.0954. The first kappa shape index (κ1) is 16.9. The Morgan fingerprint density at radius 1 is 1.19 bits per heavy atom. The molecular formula is C19H21N5OS. The Labute approximate surface area is 156 Å². The van der Waals surface area contributed by atoms with Gasteiger partial charge in [-0.05, 0) is 43.4 Å². The highest BCUT2D eigenvalue weighted by Gasteiger charge is 2.15. The highest BCUT2D eigenvalue weighted by Crippen LogP contribution is 2.26. The molecule has 1 amide bonds. The van der Waals surface area contributed by atoms with Crippen LogP contribution in [0.4, 0.5) is 0 Å². The van der Waals surface area contributed by atoms with E-state index in [1.807, 2.05) is 35.6 Å². The molecule has 7 heteroatoms. The molecule has 6 nitrogen and oxygen atoms in total. The van der Waals surface area contributed by atoms with Crippen molar-refractivity contribution in [1.82, 2.24) is 25.1 Å². The summed E-state index contributed by atoms with van der Waals surface area (Å²) in [5.74, 6) is -0.0429. The van der Waals surface area contributed by atoms with Crippen molar-refractivity contribution in [1.29, 1.82) is 0 Å². The van der Waals surface area contributed by atoms with Crippen LogP contribution in [0.5, 0.6) is 0 Å².